The first kappa shape index (κ1) is 20.9. The Morgan fingerprint density at radius 1 is 1.23 bits per heavy atom. The van der Waals surface area contributed by atoms with Crippen LogP contribution in [0, 0.1) is 0 Å². The normalized spacial score (nSPS) is 12.0. The quantitative estimate of drug-likeness (QED) is 0.581. The van der Waals surface area contributed by atoms with Gasteiger partial charge in [0.25, 0.3) is 0 Å². The molecular weight excluding hydrogens is 393 g/mol. The average molecular weight is 414 g/mol. The second-order valence-electron chi connectivity index (χ2n) is 5.69. The Kier molecular flexibility index (Phi) is 8.59. The Morgan fingerprint density at radius 3 is 2.58 bits per heavy atom. The van der Waals surface area contributed by atoms with Crippen LogP contribution in [0.1, 0.15) is 17.5 Å². The lowest BCUT2D eigenvalue weighted by atomic mass is 10.1. The van der Waals surface area contributed by atoms with Gasteiger partial charge in [-0.3, -0.25) is 4.79 Å². The van der Waals surface area contributed by atoms with E-state index in [9.17, 15) is 9.90 Å². The maximum Gasteiger partial charge on any atom is 0.320 e. The fourth-order valence-electron chi connectivity index (χ4n) is 2.36. The minimum Gasteiger partial charge on any atom is -0.489 e. The molecule has 0 fully saturated rings. The van der Waals surface area contributed by atoms with E-state index >= 15 is 0 Å². The molecule has 0 spiro atoms. The SMILES string of the molecule is CSCCC(NCc1cccc(OCc2c(Cl)cccc2Cl)c1)C(=O)O. The van der Waals surface area contributed by atoms with Crippen LogP contribution in [0.4, 0.5) is 0 Å². The molecular formula is C19H21Cl2NO3S. The third kappa shape index (κ3) is 6.40. The summed E-state index contributed by atoms with van der Waals surface area (Å²) in [5.74, 6) is 0.641. The van der Waals surface area contributed by atoms with E-state index in [1.54, 1.807) is 30.0 Å². The molecule has 0 aliphatic carbocycles. The first-order chi connectivity index (χ1) is 12.5. The van der Waals surface area contributed by atoms with Crippen molar-refractivity contribution in [2.45, 2.75) is 25.6 Å². The number of hydrogen-bond donors (Lipinski definition) is 2. The summed E-state index contributed by atoms with van der Waals surface area (Å²) in [6, 6.07) is 12.3. The van der Waals surface area contributed by atoms with Gasteiger partial charge in [-0.1, -0.05) is 41.4 Å². The number of rotatable bonds is 10. The molecule has 1 atom stereocenters. The molecule has 0 aliphatic heterocycles. The van der Waals surface area contributed by atoms with Crippen molar-refractivity contribution in [3.8, 4) is 5.75 Å². The number of hydrogen-bond acceptors (Lipinski definition) is 4. The van der Waals surface area contributed by atoms with Gasteiger partial charge in [-0.2, -0.15) is 11.8 Å². The summed E-state index contributed by atoms with van der Waals surface area (Å²) in [6.45, 7) is 0.719. The van der Waals surface area contributed by atoms with Gasteiger partial charge in [0.15, 0.2) is 0 Å². The maximum absolute atomic E-state index is 11.3. The molecule has 2 aromatic carbocycles. The van der Waals surface area contributed by atoms with Crippen LogP contribution in [0.5, 0.6) is 5.75 Å². The molecule has 2 N–H and O–H groups in total. The number of aliphatic carboxylic acids is 1. The lowest BCUT2D eigenvalue weighted by Crippen LogP contribution is -2.36. The summed E-state index contributed by atoms with van der Waals surface area (Å²) in [4.78, 5) is 11.3. The molecule has 0 aromatic heterocycles. The van der Waals surface area contributed by atoms with Crippen molar-refractivity contribution in [2.24, 2.45) is 0 Å². The predicted octanol–water partition coefficient (Wildman–Crippen LogP) is 4.87. The zero-order chi connectivity index (χ0) is 18.9. The molecule has 0 saturated heterocycles. The van der Waals surface area contributed by atoms with Crippen LogP contribution in [0.15, 0.2) is 42.5 Å². The van der Waals surface area contributed by atoms with Gasteiger partial charge in [0, 0.05) is 22.2 Å². The van der Waals surface area contributed by atoms with Crippen molar-refractivity contribution < 1.29 is 14.6 Å². The maximum atomic E-state index is 11.3. The Balaban J connectivity index is 1.96. The largest absolute Gasteiger partial charge is 0.489 e. The second kappa shape index (κ2) is 10.7. The molecule has 0 radical (unpaired) electrons. The number of carboxylic acid groups (broad SMARTS) is 1. The predicted molar refractivity (Wildman–Crippen MR) is 108 cm³/mol. The Labute approximate surface area is 167 Å². The number of ether oxygens (including phenoxy) is 1. The molecule has 26 heavy (non-hydrogen) atoms. The molecule has 140 valence electrons. The van der Waals surface area contributed by atoms with Crippen molar-refractivity contribution in [1.82, 2.24) is 5.32 Å². The highest BCUT2D eigenvalue weighted by Crippen LogP contribution is 2.26. The molecule has 0 bridgehead atoms. The zero-order valence-corrected chi connectivity index (χ0v) is 16.7. The van der Waals surface area contributed by atoms with Crippen LogP contribution in [0.25, 0.3) is 0 Å². The van der Waals surface area contributed by atoms with Gasteiger partial charge in [-0.25, -0.2) is 0 Å². The molecule has 0 amide bonds. The third-order valence-corrected chi connectivity index (χ3v) is 5.16. The standard InChI is InChI=1S/C19H21Cl2NO3S/c1-26-9-8-18(19(23)24)22-11-13-4-2-5-14(10-13)25-12-15-16(20)6-3-7-17(15)21/h2-7,10,18,22H,8-9,11-12H2,1H3,(H,23,24). The summed E-state index contributed by atoms with van der Waals surface area (Å²) in [6.07, 6.45) is 2.54. The number of halogens is 2. The van der Waals surface area contributed by atoms with E-state index in [1.165, 1.54) is 0 Å². The second-order valence-corrected chi connectivity index (χ2v) is 7.49. The molecule has 0 heterocycles. The van der Waals surface area contributed by atoms with E-state index in [1.807, 2.05) is 30.5 Å². The first-order valence-electron chi connectivity index (χ1n) is 8.11. The van der Waals surface area contributed by atoms with Gasteiger partial charge in [-0.15, -0.1) is 0 Å². The lowest BCUT2D eigenvalue weighted by molar-refractivity contribution is -0.139. The van der Waals surface area contributed by atoms with E-state index < -0.39 is 12.0 Å². The van der Waals surface area contributed by atoms with Gasteiger partial charge < -0.3 is 15.2 Å². The number of benzene rings is 2. The highest BCUT2D eigenvalue weighted by atomic mass is 35.5. The molecule has 2 rings (SSSR count). The monoisotopic (exact) mass is 413 g/mol. The molecule has 7 heteroatoms. The topological polar surface area (TPSA) is 58.6 Å². The van der Waals surface area contributed by atoms with E-state index in [2.05, 4.69) is 5.32 Å². The molecule has 4 nitrogen and oxygen atoms in total. The fraction of sp³-hybridized carbons (Fsp3) is 0.316. The smallest absolute Gasteiger partial charge is 0.320 e. The van der Waals surface area contributed by atoms with E-state index in [-0.39, 0.29) is 6.61 Å². The summed E-state index contributed by atoms with van der Waals surface area (Å²) >= 11 is 13.9. The van der Waals surface area contributed by atoms with Crippen molar-refractivity contribution in [2.75, 3.05) is 12.0 Å². The number of carboxylic acids is 1. The average Bonchev–Trinajstić information content (AvgIpc) is 2.61. The van der Waals surface area contributed by atoms with Gasteiger partial charge in [0.1, 0.15) is 18.4 Å². The minimum atomic E-state index is -0.834. The first-order valence-corrected chi connectivity index (χ1v) is 10.3. The molecule has 2 aromatic rings. The Bertz CT molecular complexity index is 722. The van der Waals surface area contributed by atoms with E-state index in [0.717, 1.165) is 16.9 Å². The van der Waals surface area contributed by atoms with E-state index in [4.69, 9.17) is 27.9 Å². The van der Waals surface area contributed by atoms with Crippen molar-refractivity contribution >= 4 is 40.9 Å². The lowest BCUT2D eigenvalue weighted by Gasteiger charge is -2.15. The summed E-state index contributed by atoms with van der Waals surface area (Å²) in [7, 11) is 0. The molecule has 0 aliphatic rings. The molecule has 0 saturated carbocycles. The zero-order valence-electron chi connectivity index (χ0n) is 14.4. The number of thioether (sulfide) groups is 1. The van der Waals surface area contributed by atoms with Crippen LogP contribution in [0.3, 0.4) is 0 Å². The Hall–Kier alpha value is -1.40. The van der Waals surface area contributed by atoms with Crippen LogP contribution < -0.4 is 10.1 Å². The third-order valence-electron chi connectivity index (χ3n) is 3.80. The van der Waals surface area contributed by atoms with Crippen LogP contribution in [-0.4, -0.2) is 29.1 Å². The van der Waals surface area contributed by atoms with Crippen molar-refractivity contribution in [3.05, 3.63) is 63.6 Å². The highest BCUT2D eigenvalue weighted by Gasteiger charge is 2.16. The van der Waals surface area contributed by atoms with Crippen LogP contribution in [0.2, 0.25) is 10.0 Å². The van der Waals surface area contributed by atoms with Crippen molar-refractivity contribution in [3.63, 3.8) is 0 Å². The summed E-state index contributed by atoms with van der Waals surface area (Å²) < 4.78 is 5.80. The Morgan fingerprint density at radius 2 is 1.92 bits per heavy atom. The van der Waals surface area contributed by atoms with Gasteiger partial charge in [0.2, 0.25) is 0 Å². The van der Waals surface area contributed by atoms with E-state index in [0.29, 0.717) is 28.8 Å². The van der Waals surface area contributed by atoms with Gasteiger partial charge in [0.05, 0.1) is 0 Å². The van der Waals surface area contributed by atoms with Gasteiger partial charge >= 0.3 is 5.97 Å². The molecule has 1 unspecified atom stereocenters. The summed E-state index contributed by atoms with van der Waals surface area (Å²) in [5.41, 5.74) is 1.69. The van der Waals surface area contributed by atoms with Crippen LogP contribution in [-0.2, 0) is 17.9 Å². The minimum absolute atomic E-state index is 0.265. The fourth-order valence-corrected chi connectivity index (χ4v) is 3.34. The summed E-state index contributed by atoms with van der Waals surface area (Å²) in [5, 5.41) is 13.5. The number of carbonyl (C=O) groups is 1. The number of nitrogens with one attached hydrogen (secondary N) is 1. The van der Waals surface area contributed by atoms with Crippen LogP contribution >= 0.6 is 35.0 Å². The van der Waals surface area contributed by atoms with Crippen molar-refractivity contribution in [1.29, 1.82) is 0 Å². The van der Waals surface area contributed by atoms with Gasteiger partial charge in [-0.05, 0) is 48.3 Å². The highest BCUT2D eigenvalue weighted by molar-refractivity contribution is 7.98.